The summed E-state index contributed by atoms with van der Waals surface area (Å²) in [5.74, 6) is -0.261. The summed E-state index contributed by atoms with van der Waals surface area (Å²) < 4.78 is 33.1. The van der Waals surface area contributed by atoms with Crippen molar-refractivity contribution in [3.05, 3.63) is 57.8 Å². The normalized spacial score (nSPS) is 14.7. The van der Waals surface area contributed by atoms with Crippen LogP contribution in [0.4, 0.5) is 5.88 Å². The maximum absolute atomic E-state index is 12.2. The third-order valence-corrected chi connectivity index (χ3v) is 4.73. The Morgan fingerprint density at radius 2 is 2.12 bits per heavy atom. The van der Waals surface area contributed by atoms with Crippen LogP contribution < -0.4 is 0 Å². The number of rotatable bonds is 5. The van der Waals surface area contributed by atoms with Crippen molar-refractivity contribution in [3.8, 4) is 6.07 Å². The van der Waals surface area contributed by atoms with Crippen molar-refractivity contribution < 1.29 is 17.8 Å². The summed E-state index contributed by atoms with van der Waals surface area (Å²) in [6.07, 6.45) is 1.26. The first kappa shape index (κ1) is 17.3. The fourth-order valence-corrected chi connectivity index (χ4v) is 3.49. The molecule has 0 N–H and O–H groups in total. The molecule has 0 unspecified atom stereocenters. The maximum atomic E-state index is 12.2. The van der Waals surface area contributed by atoms with E-state index in [9.17, 15) is 18.5 Å². The van der Waals surface area contributed by atoms with E-state index in [-0.39, 0.29) is 29.5 Å². The molecule has 10 nitrogen and oxygen atoms in total. The standard InChI is InChI=1S/C15H11N5O5S/c16-8-3-9-19(17-10-11-6-7-14(25-11)20(21)22)15-12-4-1-2-5-13(12)26(23,24)18-15/h1-2,4-7,10H,3,9H2/b17-10-. The number of fused-ring (bicyclic) bond motifs is 1. The summed E-state index contributed by atoms with van der Waals surface area (Å²) >= 11 is 0. The zero-order valence-electron chi connectivity index (χ0n) is 13.1. The van der Waals surface area contributed by atoms with Crippen molar-refractivity contribution in [1.29, 1.82) is 5.26 Å². The van der Waals surface area contributed by atoms with Crippen molar-refractivity contribution in [2.24, 2.45) is 9.50 Å². The second-order valence-corrected chi connectivity index (χ2v) is 6.67. The molecule has 2 aromatic rings. The molecule has 3 rings (SSSR count). The number of furan rings is 1. The summed E-state index contributed by atoms with van der Waals surface area (Å²) in [5.41, 5.74) is 0.369. The van der Waals surface area contributed by atoms with Crippen LogP contribution in [0, 0.1) is 21.4 Å². The first-order chi connectivity index (χ1) is 12.4. The Balaban J connectivity index is 1.95. The first-order valence-corrected chi connectivity index (χ1v) is 8.73. The van der Waals surface area contributed by atoms with Crippen LogP contribution >= 0.6 is 0 Å². The molecule has 11 heteroatoms. The zero-order valence-corrected chi connectivity index (χ0v) is 14.0. The molecule has 2 heterocycles. The molecule has 1 aliphatic heterocycles. The summed E-state index contributed by atoms with van der Waals surface area (Å²) in [6.45, 7) is 0.0818. The topological polar surface area (TPSA) is 142 Å². The second kappa shape index (κ2) is 6.77. The van der Waals surface area contributed by atoms with Gasteiger partial charge in [0.25, 0.3) is 10.0 Å². The van der Waals surface area contributed by atoms with Crippen LogP contribution in [0.1, 0.15) is 17.7 Å². The largest absolute Gasteiger partial charge is 0.433 e. The fraction of sp³-hybridized carbons (Fsp3) is 0.133. The number of nitro groups is 1. The quantitative estimate of drug-likeness (QED) is 0.442. The molecule has 0 aliphatic carbocycles. The molecule has 0 radical (unpaired) electrons. The van der Waals surface area contributed by atoms with Gasteiger partial charge < -0.3 is 4.42 Å². The van der Waals surface area contributed by atoms with E-state index in [1.54, 1.807) is 18.2 Å². The van der Waals surface area contributed by atoms with Gasteiger partial charge in [0.05, 0.1) is 31.3 Å². The molecule has 0 spiro atoms. The minimum absolute atomic E-state index is 0.0563. The van der Waals surface area contributed by atoms with Crippen molar-refractivity contribution >= 4 is 28.0 Å². The Kier molecular flexibility index (Phi) is 4.51. The predicted molar refractivity (Wildman–Crippen MR) is 90.1 cm³/mol. The van der Waals surface area contributed by atoms with E-state index >= 15 is 0 Å². The highest BCUT2D eigenvalue weighted by Gasteiger charge is 2.31. The molecule has 0 bridgehead atoms. The van der Waals surface area contributed by atoms with E-state index in [1.165, 1.54) is 29.4 Å². The Morgan fingerprint density at radius 3 is 2.81 bits per heavy atom. The van der Waals surface area contributed by atoms with Crippen LogP contribution in [0.15, 0.2) is 55.2 Å². The summed E-state index contributed by atoms with van der Waals surface area (Å²) in [5, 5.41) is 24.8. The number of sulfonamides is 1. The number of hydrogen-bond acceptors (Lipinski definition) is 8. The zero-order chi connectivity index (χ0) is 18.7. The monoisotopic (exact) mass is 373 g/mol. The van der Waals surface area contributed by atoms with Crippen molar-refractivity contribution in [2.45, 2.75) is 11.3 Å². The maximum Gasteiger partial charge on any atom is 0.433 e. The van der Waals surface area contributed by atoms with Gasteiger partial charge in [0.1, 0.15) is 9.82 Å². The van der Waals surface area contributed by atoms with Crippen molar-refractivity contribution in [1.82, 2.24) is 5.01 Å². The minimum atomic E-state index is -3.84. The van der Waals surface area contributed by atoms with E-state index < -0.39 is 20.8 Å². The van der Waals surface area contributed by atoms with E-state index in [1.807, 2.05) is 6.07 Å². The van der Waals surface area contributed by atoms with Crippen LogP contribution in [0.5, 0.6) is 0 Å². The molecule has 0 fully saturated rings. The molecular formula is C15H11N5O5S. The highest BCUT2D eigenvalue weighted by atomic mass is 32.2. The van der Waals surface area contributed by atoms with Gasteiger partial charge in [-0.15, -0.1) is 4.40 Å². The van der Waals surface area contributed by atoms with Gasteiger partial charge in [-0.3, -0.25) is 10.1 Å². The van der Waals surface area contributed by atoms with Crippen LogP contribution in [0.2, 0.25) is 0 Å². The van der Waals surface area contributed by atoms with E-state index in [0.29, 0.717) is 5.56 Å². The fourth-order valence-electron chi connectivity index (χ4n) is 2.29. The number of hydrogen-bond donors (Lipinski definition) is 0. The molecule has 132 valence electrons. The average Bonchev–Trinajstić information content (AvgIpc) is 3.19. The summed E-state index contributed by atoms with van der Waals surface area (Å²) in [7, 11) is -3.84. The molecular weight excluding hydrogens is 362 g/mol. The van der Waals surface area contributed by atoms with Crippen LogP contribution in [-0.2, 0) is 10.0 Å². The van der Waals surface area contributed by atoms with Gasteiger partial charge in [0.2, 0.25) is 0 Å². The van der Waals surface area contributed by atoms with E-state index in [0.717, 1.165) is 0 Å². The third kappa shape index (κ3) is 3.31. The number of nitrogens with zero attached hydrogens (tertiary/aromatic N) is 5. The molecule has 1 aromatic carbocycles. The smallest absolute Gasteiger partial charge is 0.400 e. The van der Waals surface area contributed by atoms with Gasteiger partial charge in [-0.05, 0) is 18.2 Å². The summed E-state index contributed by atoms with van der Waals surface area (Å²) in [6, 6.07) is 10.7. The van der Waals surface area contributed by atoms with Crippen LogP contribution in [0.3, 0.4) is 0 Å². The van der Waals surface area contributed by atoms with Crippen LogP contribution in [0.25, 0.3) is 0 Å². The lowest BCUT2D eigenvalue weighted by Crippen LogP contribution is -2.27. The number of nitriles is 1. The van der Waals surface area contributed by atoms with E-state index in [2.05, 4.69) is 9.50 Å². The predicted octanol–water partition coefficient (Wildman–Crippen LogP) is 1.89. The molecule has 0 atom stereocenters. The Labute approximate surface area is 147 Å². The summed E-state index contributed by atoms with van der Waals surface area (Å²) in [4.78, 5) is 10.0. The van der Waals surface area contributed by atoms with Gasteiger partial charge in [0.15, 0.2) is 11.6 Å². The average molecular weight is 373 g/mol. The lowest BCUT2D eigenvalue weighted by Gasteiger charge is -2.16. The van der Waals surface area contributed by atoms with Crippen LogP contribution in [-0.4, -0.2) is 36.9 Å². The molecule has 0 saturated heterocycles. The van der Waals surface area contributed by atoms with Gasteiger partial charge in [-0.1, -0.05) is 12.1 Å². The number of amidine groups is 1. The minimum Gasteiger partial charge on any atom is -0.400 e. The van der Waals surface area contributed by atoms with Crippen molar-refractivity contribution in [2.75, 3.05) is 6.54 Å². The number of benzene rings is 1. The van der Waals surface area contributed by atoms with Gasteiger partial charge >= 0.3 is 5.88 Å². The van der Waals surface area contributed by atoms with Gasteiger partial charge in [-0.25, -0.2) is 5.01 Å². The molecule has 26 heavy (non-hydrogen) atoms. The Morgan fingerprint density at radius 1 is 1.35 bits per heavy atom. The first-order valence-electron chi connectivity index (χ1n) is 7.29. The van der Waals surface area contributed by atoms with Gasteiger partial charge in [-0.2, -0.15) is 18.8 Å². The van der Waals surface area contributed by atoms with Crippen molar-refractivity contribution in [3.63, 3.8) is 0 Å². The Bertz CT molecular complexity index is 1060. The van der Waals surface area contributed by atoms with Gasteiger partial charge in [0, 0.05) is 5.56 Å². The number of hydrazone groups is 1. The lowest BCUT2D eigenvalue weighted by atomic mass is 10.2. The lowest BCUT2D eigenvalue weighted by molar-refractivity contribution is -0.402. The highest BCUT2D eigenvalue weighted by molar-refractivity contribution is 7.90. The molecule has 1 aromatic heterocycles. The molecule has 1 aliphatic rings. The molecule has 0 amide bonds. The third-order valence-electron chi connectivity index (χ3n) is 3.41. The van der Waals surface area contributed by atoms with E-state index in [4.69, 9.17) is 9.68 Å². The Hall–Kier alpha value is -3.52. The SMILES string of the molecule is N#CCCN(/N=C\c1ccc([N+](=O)[O-])o1)C1=NS(=O)(=O)c2ccccc21. The molecule has 0 saturated carbocycles. The second-order valence-electron chi connectivity index (χ2n) is 5.10. The highest BCUT2D eigenvalue weighted by Crippen LogP contribution is 2.27.